The van der Waals surface area contributed by atoms with Crippen molar-refractivity contribution >= 4 is 65.6 Å². The number of amides is 4. The number of carboxylic acid groups (broad SMARTS) is 4. The van der Waals surface area contributed by atoms with E-state index in [9.17, 15) is 73.2 Å². The molecule has 11 N–H and O–H groups in total. The molecule has 4 aromatic rings. The van der Waals surface area contributed by atoms with Crippen LogP contribution >= 0.6 is 0 Å². The molecular formula is C38H40N6O16Si2. The monoisotopic (exact) mass is 892 g/mol. The van der Waals surface area contributed by atoms with Crippen LogP contribution in [0.2, 0.25) is 12.1 Å². The molecule has 0 aliphatic rings. The van der Waals surface area contributed by atoms with Crippen molar-refractivity contribution in [2.75, 3.05) is 13.1 Å². The molecule has 0 fully saturated rings. The number of carboxylic acids is 4. The van der Waals surface area contributed by atoms with Gasteiger partial charge in [-0.1, -0.05) is 0 Å². The van der Waals surface area contributed by atoms with E-state index in [2.05, 4.69) is 31.2 Å². The Balaban J connectivity index is 1.28. The van der Waals surface area contributed by atoms with Crippen molar-refractivity contribution < 1.29 is 77.3 Å². The van der Waals surface area contributed by atoms with Crippen LogP contribution in [0.25, 0.3) is 0 Å². The van der Waals surface area contributed by atoms with Crippen LogP contribution in [0.15, 0.2) is 73.3 Å². The van der Waals surface area contributed by atoms with Gasteiger partial charge in [0, 0.05) is 57.0 Å². The molecule has 1 unspecified atom stereocenters. The van der Waals surface area contributed by atoms with Crippen LogP contribution in [0, 0.1) is 0 Å². The highest BCUT2D eigenvalue weighted by atomic mass is 28.4. The van der Waals surface area contributed by atoms with Gasteiger partial charge in [0.2, 0.25) is 0 Å². The maximum atomic E-state index is 13.1. The number of hydrogen-bond acceptors (Lipinski definition) is 14. The molecule has 4 amide bonds. The van der Waals surface area contributed by atoms with Crippen LogP contribution < -0.4 is 21.3 Å². The van der Waals surface area contributed by atoms with Crippen molar-refractivity contribution in [3.8, 4) is 0 Å². The number of carbonyl (C=O) groups is 8. The molecule has 2 aromatic carbocycles. The number of nitrogens with zero attached hydrogens (tertiary/aromatic N) is 2. The molecule has 0 saturated heterocycles. The molecule has 0 spiro atoms. The Bertz CT molecular complexity index is 2350. The first kappa shape index (κ1) is 47.5. The number of pyridine rings is 2. The molecule has 24 heteroatoms. The first-order chi connectivity index (χ1) is 29.4. The highest BCUT2D eigenvalue weighted by molar-refractivity contribution is 6.66. The van der Waals surface area contributed by atoms with Crippen molar-refractivity contribution in [2.24, 2.45) is 0 Å². The zero-order chi connectivity index (χ0) is 45.6. The van der Waals surface area contributed by atoms with Crippen LogP contribution in [0.5, 0.6) is 0 Å². The first-order valence-corrected chi connectivity index (χ1v) is 22.2. The molecule has 0 aliphatic heterocycles. The molecule has 1 atom stereocenters. The molecule has 0 radical (unpaired) electrons. The zero-order valence-electron chi connectivity index (χ0n) is 32.4. The Labute approximate surface area is 353 Å². The highest BCUT2D eigenvalue weighted by Crippen LogP contribution is 2.21. The number of carbonyl (C=O) groups excluding carboxylic acids is 4. The summed E-state index contributed by atoms with van der Waals surface area (Å²) < 4.78 is 5.13. The van der Waals surface area contributed by atoms with Crippen molar-refractivity contribution in [2.45, 2.75) is 38.0 Å². The maximum absolute atomic E-state index is 13.1. The Morgan fingerprint density at radius 3 is 1.21 bits per heavy atom. The van der Waals surface area contributed by atoms with Gasteiger partial charge in [-0.25, -0.2) is 19.2 Å². The summed E-state index contributed by atoms with van der Waals surface area (Å²) in [5, 5.41) is 48.6. The Morgan fingerprint density at radius 2 is 0.839 bits per heavy atom. The van der Waals surface area contributed by atoms with Gasteiger partial charge in [0.25, 0.3) is 23.6 Å². The third kappa shape index (κ3) is 13.4. The second-order valence-corrected chi connectivity index (χ2v) is 17.7. The van der Waals surface area contributed by atoms with E-state index in [-0.39, 0.29) is 45.1 Å². The van der Waals surface area contributed by atoms with Gasteiger partial charge >= 0.3 is 42.0 Å². The summed E-state index contributed by atoms with van der Waals surface area (Å²) >= 11 is 0. The van der Waals surface area contributed by atoms with Crippen LogP contribution in [0.3, 0.4) is 0 Å². The average molecular weight is 893 g/mol. The average Bonchev–Trinajstić information content (AvgIpc) is 3.24. The van der Waals surface area contributed by atoms with E-state index in [1.807, 2.05) is 0 Å². The van der Waals surface area contributed by atoms with E-state index < -0.39 is 116 Å². The largest absolute Gasteiger partial charge is 0.486 e. The Kier molecular flexibility index (Phi) is 16.7. The second-order valence-electron chi connectivity index (χ2n) is 13.3. The number of hydrogen-bond donors (Lipinski definition) is 11. The van der Waals surface area contributed by atoms with E-state index in [0.29, 0.717) is 17.2 Å². The van der Waals surface area contributed by atoms with E-state index in [1.54, 1.807) is 24.3 Å². The minimum Gasteiger partial charge on any atom is -0.478 e. The Morgan fingerprint density at radius 1 is 0.516 bits per heavy atom. The summed E-state index contributed by atoms with van der Waals surface area (Å²) in [7, 11) is -7.84. The lowest BCUT2D eigenvalue weighted by Gasteiger charge is -2.21. The number of benzene rings is 2. The molecule has 2 aromatic heterocycles. The third-order valence-electron chi connectivity index (χ3n) is 8.82. The van der Waals surface area contributed by atoms with Crippen LogP contribution in [0.4, 0.5) is 0 Å². The fraction of sp³-hybridized carbons (Fsp3) is 0.211. The molecule has 4 rings (SSSR count). The smallest absolute Gasteiger partial charge is 0.478 e. The van der Waals surface area contributed by atoms with Crippen molar-refractivity contribution in [3.63, 3.8) is 0 Å². The molecule has 2 heterocycles. The maximum Gasteiger partial charge on any atom is 0.486 e. The van der Waals surface area contributed by atoms with Crippen molar-refractivity contribution in [3.05, 3.63) is 129 Å². The van der Waals surface area contributed by atoms with E-state index in [0.717, 1.165) is 18.2 Å². The van der Waals surface area contributed by atoms with Crippen LogP contribution in [-0.2, 0) is 17.2 Å². The molecule has 326 valence electrons. The van der Waals surface area contributed by atoms with Gasteiger partial charge in [0.15, 0.2) is 0 Å². The van der Waals surface area contributed by atoms with E-state index >= 15 is 0 Å². The molecule has 22 nitrogen and oxygen atoms in total. The molecule has 0 bridgehead atoms. The Hall–Kier alpha value is -7.23. The molecule has 0 aliphatic carbocycles. The fourth-order valence-corrected chi connectivity index (χ4v) is 9.62. The predicted molar refractivity (Wildman–Crippen MR) is 216 cm³/mol. The minimum atomic E-state index is -4.54. The van der Waals surface area contributed by atoms with Gasteiger partial charge in [-0.15, -0.1) is 0 Å². The van der Waals surface area contributed by atoms with Gasteiger partial charge < -0.3 is 60.2 Å². The summed E-state index contributed by atoms with van der Waals surface area (Å²) in [4.78, 5) is 139. The summed E-state index contributed by atoms with van der Waals surface area (Å²) in [5.74, 6) is -10.3. The molecular weight excluding hydrogens is 853 g/mol. The summed E-state index contributed by atoms with van der Waals surface area (Å²) in [6, 6.07) is 8.86. The number of aromatic nitrogens is 2. The van der Waals surface area contributed by atoms with E-state index in [4.69, 9.17) is 4.12 Å². The normalized spacial score (nSPS) is 11.5. The zero-order valence-corrected chi connectivity index (χ0v) is 34.5. The van der Waals surface area contributed by atoms with Crippen LogP contribution in [0.1, 0.15) is 107 Å². The van der Waals surface area contributed by atoms with Crippen molar-refractivity contribution in [1.82, 2.24) is 31.2 Å². The van der Waals surface area contributed by atoms with Gasteiger partial charge in [-0.3, -0.25) is 29.1 Å². The van der Waals surface area contributed by atoms with Gasteiger partial charge in [-0.2, -0.15) is 0 Å². The summed E-state index contributed by atoms with van der Waals surface area (Å²) in [6.45, 7) is -0.529. The summed E-state index contributed by atoms with van der Waals surface area (Å²) in [6.07, 6.45) is 5.75. The lowest BCUT2D eigenvalue weighted by Crippen LogP contribution is -2.45. The number of aromatic carboxylic acids is 4. The second kappa shape index (κ2) is 21.9. The van der Waals surface area contributed by atoms with Crippen molar-refractivity contribution in [1.29, 1.82) is 0 Å². The standard InChI is InChI=1S/C38H40N6O16Si2/c45-31(23-15-24(30(38(55)56)18-29(23)37(53)54)33(47)43-19-21-3-9-39-10-4-21)42-8-2-14-62(58,59)60-61(57)13-1-7-41-32(46)25-16-28(36(51)52)26(17-27(25)35(49)50)34(48)44-20-22-5-11-40-12-6-22/h3-6,9-12,15-18,57-59,61H,1-2,7-8,13-14,19-20H2,(H,41,46)(H,42,45)(H,43,47)(H,44,48)(H,49,50)(H,51,52)(H,53,54)(H,55,56). The van der Waals surface area contributed by atoms with Gasteiger partial charge in [0.05, 0.1) is 44.5 Å². The highest BCUT2D eigenvalue weighted by Gasteiger charge is 2.35. The minimum absolute atomic E-state index is 0.000318. The fourth-order valence-electron chi connectivity index (χ4n) is 5.74. The predicted octanol–water partition coefficient (Wildman–Crippen LogP) is 0.222. The third-order valence-corrected chi connectivity index (χ3v) is 13.3. The van der Waals surface area contributed by atoms with Gasteiger partial charge in [-0.05, 0) is 78.5 Å². The van der Waals surface area contributed by atoms with Gasteiger partial charge in [0.1, 0.15) is 0 Å². The van der Waals surface area contributed by atoms with E-state index in [1.165, 1.54) is 24.8 Å². The molecule has 0 saturated carbocycles. The lowest BCUT2D eigenvalue weighted by molar-refractivity contribution is 0.0675. The molecule has 62 heavy (non-hydrogen) atoms. The number of nitrogens with one attached hydrogen (secondary N) is 4. The number of rotatable bonds is 22. The topological polar surface area (TPSA) is 361 Å². The summed E-state index contributed by atoms with van der Waals surface area (Å²) in [5.41, 5.74) is -3.51. The van der Waals surface area contributed by atoms with Crippen LogP contribution in [-0.4, -0.2) is 123 Å². The first-order valence-electron chi connectivity index (χ1n) is 18.4. The quantitative estimate of drug-likeness (QED) is 0.0371. The lowest BCUT2D eigenvalue weighted by atomic mass is 9.97. The SMILES string of the molecule is O=C(O)c1cc(C(=O)NCc2ccncc2)c(C(=O)O)cc1C(=O)NCCC[SiH](O)O[Si](O)(O)CCCNC(=O)c1cc(C(=O)NCc2ccncc2)c(C(=O)O)cc1C(=O)O.